The number of aliphatic hydroxyl groups excluding tert-OH is 1. The van der Waals surface area contributed by atoms with Crippen LogP contribution in [0.15, 0.2) is 42.5 Å². The molecule has 0 aliphatic rings. The summed E-state index contributed by atoms with van der Waals surface area (Å²) in [6, 6.07) is 10.7. The molecule has 0 fully saturated rings. The third-order valence-electron chi connectivity index (χ3n) is 4.38. The van der Waals surface area contributed by atoms with E-state index in [0.717, 1.165) is 17.2 Å². The van der Waals surface area contributed by atoms with Crippen LogP contribution in [0.3, 0.4) is 0 Å². The Balaban J connectivity index is 2.23. The first-order valence-electron chi connectivity index (χ1n) is 8.52. The second-order valence-electron chi connectivity index (χ2n) is 7.54. The van der Waals surface area contributed by atoms with E-state index in [0.29, 0.717) is 5.56 Å². The molecule has 0 aliphatic heterocycles. The van der Waals surface area contributed by atoms with E-state index in [4.69, 9.17) is 4.74 Å². The summed E-state index contributed by atoms with van der Waals surface area (Å²) in [5, 5.41) is 10.4. The molecular weight excluding hydrogens is 341 g/mol. The van der Waals surface area contributed by atoms with E-state index < -0.39 is 24.1 Å². The first-order chi connectivity index (χ1) is 11.9. The lowest BCUT2D eigenvalue weighted by Gasteiger charge is -2.25. The summed E-state index contributed by atoms with van der Waals surface area (Å²) >= 11 is 0. The van der Waals surface area contributed by atoms with Crippen molar-refractivity contribution in [2.45, 2.75) is 58.6 Å². The first kappa shape index (κ1) is 20.5. The zero-order valence-electron chi connectivity index (χ0n) is 15.7. The number of aryl methyl sites for hydroxylation is 1. The van der Waals surface area contributed by atoms with Crippen molar-refractivity contribution in [1.82, 2.24) is 0 Å². The van der Waals surface area contributed by atoms with Gasteiger partial charge in [0.1, 0.15) is 0 Å². The van der Waals surface area contributed by atoms with Crippen molar-refractivity contribution < 1.29 is 23.0 Å². The predicted octanol–water partition coefficient (Wildman–Crippen LogP) is 6.08. The molecule has 1 N–H and O–H groups in total. The van der Waals surface area contributed by atoms with Gasteiger partial charge < -0.3 is 9.84 Å². The van der Waals surface area contributed by atoms with Gasteiger partial charge in [-0.05, 0) is 42.0 Å². The van der Waals surface area contributed by atoms with Crippen molar-refractivity contribution in [3.05, 3.63) is 70.3 Å². The number of benzene rings is 2. The monoisotopic (exact) mass is 366 g/mol. The van der Waals surface area contributed by atoms with Gasteiger partial charge in [-0.1, -0.05) is 57.2 Å². The molecule has 2 atom stereocenters. The van der Waals surface area contributed by atoms with E-state index in [-0.39, 0.29) is 11.0 Å². The molecular formula is C21H25F3O2. The molecule has 0 aromatic heterocycles. The lowest BCUT2D eigenvalue weighted by molar-refractivity contribution is -0.150. The van der Waals surface area contributed by atoms with Gasteiger partial charge in [0.15, 0.2) is 6.29 Å². The SMILES string of the molecule is Cc1cc(C(O)OC(C)c2ccccc2C(F)(F)F)ccc1C(C)(C)C. The lowest BCUT2D eigenvalue weighted by Crippen LogP contribution is -2.16. The fourth-order valence-electron chi connectivity index (χ4n) is 3.14. The summed E-state index contributed by atoms with van der Waals surface area (Å²) in [5.41, 5.74) is 1.88. The minimum absolute atomic E-state index is 0.00193. The highest BCUT2D eigenvalue weighted by Crippen LogP contribution is 2.37. The summed E-state index contributed by atoms with van der Waals surface area (Å²) in [7, 11) is 0. The van der Waals surface area contributed by atoms with E-state index in [1.54, 1.807) is 6.07 Å². The molecule has 0 bridgehead atoms. The molecule has 0 saturated carbocycles. The van der Waals surface area contributed by atoms with E-state index in [1.165, 1.54) is 25.1 Å². The summed E-state index contributed by atoms with van der Waals surface area (Å²) in [5.74, 6) is 0. The van der Waals surface area contributed by atoms with Crippen LogP contribution in [0, 0.1) is 6.92 Å². The molecule has 0 aliphatic carbocycles. The average Bonchev–Trinajstić information content (AvgIpc) is 2.52. The minimum atomic E-state index is -4.47. The average molecular weight is 366 g/mol. The third-order valence-corrected chi connectivity index (χ3v) is 4.38. The van der Waals surface area contributed by atoms with Crippen molar-refractivity contribution in [1.29, 1.82) is 0 Å². The van der Waals surface area contributed by atoms with Gasteiger partial charge >= 0.3 is 6.18 Å². The van der Waals surface area contributed by atoms with E-state index in [9.17, 15) is 18.3 Å². The summed E-state index contributed by atoms with van der Waals surface area (Å²) in [6.45, 7) is 9.73. The fourth-order valence-corrected chi connectivity index (χ4v) is 3.14. The van der Waals surface area contributed by atoms with Gasteiger partial charge in [-0.3, -0.25) is 0 Å². The van der Waals surface area contributed by atoms with Gasteiger partial charge in [-0.15, -0.1) is 0 Å². The number of rotatable bonds is 4. The standard InChI is InChI=1S/C21H25F3O2/c1-13-12-15(10-11-17(13)20(3,4)5)19(25)26-14(2)16-8-6-7-9-18(16)21(22,23)24/h6-12,14,19,25H,1-5H3. The Morgan fingerprint density at radius 1 is 0.962 bits per heavy atom. The quantitative estimate of drug-likeness (QED) is 0.665. The van der Waals surface area contributed by atoms with Crippen molar-refractivity contribution in [3.8, 4) is 0 Å². The number of aliphatic hydroxyl groups is 1. The van der Waals surface area contributed by atoms with Crippen LogP contribution in [-0.2, 0) is 16.3 Å². The van der Waals surface area contributed by atoms with E-state index in [1.807, 2.05) is 19.1 Å². The predicted molar refractivity (Wildman–Crippen MR) is 95.8 cm³/mol. The molecule has 0 spiro atoms. The van der Waals surface area contributed by atoms with Crippen LogP contribution in [0.4, 0.5) is 13.2 Å². The van der Waals surface area contributed by atoms with Crippen molar-refractivity contribution in [3.63, 3.8) is 0 Å². The highest BCUT2D eigenvalue weighted by Gasteiger charge is 2.34. The highest BCUT2D eigenvalue weighted by atomic mass is 19.4. The maximum atomic E-state index is 13.2. The molecule has 0 amide bonds. The molecule has 5 heteroatoms. The highest BCUT2D eigenvalue weighted by molar-refractivity contribution is 5.36. The van der Waals surface area contributed by atoms with Crippen LogP contribution in [-0.4, -0.2) is 5.11 Å². The van der Waals surface area contributed by atoms with Crippen molar-refractivity contribution in [2.75, 3.05) is 0 Å². The van der Waals surface area contributed by atoms with Crippen LogP contribution in [0.2, 0.25) is 0 Å². The Morgan fingerprint density at radius 3 is 2.12 bits per heavy atom. The van der Waals surface area contributed by atoms with Gasteiger partial charge in [0.25, 0.3) is 0 Å². The molecule has 2 nitrogen and oxygen atoms in total. The van der Waals surface area contributed by atoms with Crippen molar-refractivity contribution >= 4 is 0 Å². The van der Waals surface area contributed by atoms with Crippen LogP contribution in [0.1, 0.15) is 67.9 Å². The molecule has 0 saturated heterocycles. The maximum Gasteiger partial charge on any atom is 0.416 e. The Hall–Kier alpha value is -1.85. The fraction of sp³-hybridized carbons (Fsp3) is 0.429. The lowest BCUT2D eigenvalue weighted by atomic mass is 9.83. The summed E-state index contributed by atoms with van der Waals surface area (Å²) < 4.78 is 45.0. The number of hydrogen-bond donors (Lipinski definition) is 1. The minimum Gasteiger partial charge on any atom is -0.364 e. The smallest absolute Gasteiger partial charge is 0.364 e. The zero-order valence-corrected chi connectivity index (χ0v) is 15.7. The van der Waals surface area contributed by atoms with Crippen molar-refractivity contribution in [2.24, 2.45) is 0 Å². The number of ether oxygens (including phenoxy) is 1. The summed E-state index contributed by atoms with van der Waals surface area (Å²) in [6.07, 6.45) is -6.69. The molecule has 0 heterocycles. The second-order valence-corrected chi connectivity index (χ2v) is 7.54. The van der Waals surface area contributed by atoms with Gasteiger partial charge in [-0.25, -0.2) is 0 Å². The molecule has 0 radical (unpaired) electrons. The Labute approximate surface area is 152 Å². The largest absolute Gasteiger partial charge is 0.416 e. The van der Waals surface area contributed by atoms with E-state index >= 15 is 0 Å². The first-order valence-corrected chi connectivity index (χ1v) is 8.52. The second kappa shape index (κ2) is 7.41. The third kappa shape index (κ3) is 4.65. The normalized spacial score (nSPS) is 15.0. The Morgan fingerprint density at radius 2 is 1.58 bits per heavy atom. The van der Waals surface area contributed by atoms with Crippen LogP contribution in [0.25, 0.3) is 0 Å². The van der Waals surface area contributed by atoms with Gasteiger partial charge in [0.2, 0.25) is 0 Å². The maximum absolute atomic E-state index is 13.2. The van der Waals surface area contributed by atoms with Gasteiger partial charge in [-0.2, -0.15) is 13.2 Å². The molecule has 2 aromatic rings. The Kier molecular flexibility index (Phi) is 5.83. The summed E-state index contributed by atoms with van der Waals surface area (Å²) in [4.78, 5) is 0. The zero-order chi connectivity index (χ0) is 19.7. The van der Waals surface area contributed by atoms with Gasteiger partial charge in [0.05, 0.1) is 11.7 Å². The molecule has 2 rings (SSSR count). The number of hydrogen-bond acceptors (Lipinski definition) is 2. The van der Waals surface area contributed by atoms with Gasteiger partial charge in [0, 0.05) is 5.56 Å². The number of alkyl halides is 3. The van der Waals surface area contributed by atoms with Crippen LogP contribution in [0.5, 0.6) is 0 Å². The van der Waals surface area contributed by atoms with Crippen LogP contribution >= 0.6 is 0 Å². The van der Waals surface area contributed by atoms with Crippen LogP contribution < -0.4 is 0 Å². The molecule has 142 valence electrons. The Bertz CT molecular complexity index is 761. The topological polar surface area (TPSA) is 29.5 Å². The van der Waals surface area contributed by atoms with E-state index in [2.05, 4.69) is 20.8 Å². The molecule has 2 unspecified atom stereocenters. The molecule has 2 aromatic carbocycles. The molecule has 26 heavy (non-hydrogen) atoms. The number of halogens is 3.